The molecule has 132 valence electrons. The Morgan fingerprint density at radius 3 is 2.79 bits per heavy atom. The third-order valence-corrected chi connectivity index (χ3v) is 5.15. The molecule has 1 aromatic rings. The van der Waals surface area contributed by atoms with E-state index in [0.717, 1.165) is 19.3 Å². The summed E-state index contributed by atoms with van der Waals surface area (Å²) < 4.78 is 19.7. The summed E-state index contributed by atoms with van der Waals surface area (Å²) in [7, 11) is 0. The van der Waals surface area contributed by atoms with Crippen LogP contribution in [0.3, 0.4) is 0 Å². The molecule has 0 aromatic heterocycles. The van der Waals surface area contributed by atoms with Crippen molar-refractivity contribution >= 4 is 5.91 Å². The SMILES string of the molecule is NC[C@@H]1CCC[C@H]1NC(=O)[C@H](c1ccccc1F)N1CCOCC1. The number of hydrogen-bond donors (Lipinski definition) is 2. The van der Waals surface area contributed by atoms with E-state index < -0.39 is 6.04 Å². The lowest BCUT2D eigenvalue weighted by molar-refractivity contribution is -0.129. The number of halogens is 1. The molecule has 0 spiro atoms. The summed E-state index contributed by atoms with van der Waals surface area (Å²) in [4.78, 5) is 15.0. The Morgan fingerprint density at radius 1 is 1.33 bits per heavy atom. The fourth-order valence-electron chi connectivity index (χ4n) is 3.81. The molecule has 0 radical (unpaired) electrons. The fraction of sp³-hybridized carbons (Fsp3) is 0.611. The Kier molecular flexibility index (Phi) is 5.81. The maximum absolute atomic E-state index is 14.4. The van der Waals surface area contributed by atoms with Gasteiger partial charge in [0.15, 0.2) is 0 Å². The van der Waals surface area contributed by atoms with Crippen LogP contribution in [0.15, 0.2) is 24.3 Å². The van der Waals surface area contributed by atoms with Crippen LogP contribution in [0.5, 0.6) is 0 Å². The van der Waals surface area contributed by atoms with Gasteiger partial charge in [0.05, 0.1) is 13.2 Å². The topological polar surface area (TPSA) is 67.6 Å². The summed E-state index contributed by atoms with van der Waals surface area (Å²) in [5.74, 6) is -0.154. The molecular weight excluding hydrogens is 309 g/mol. The lowest BCUT2D eigenvalue weighted by Gasteiger charge is -2.35. The number of carbonyl (C=O) groups is 1. The molecule has 1 saturated heterocycles. The highest BCUT2D eigenvalue weighted by Crippen LogP contribution is 2.28. The number of nitrogens with two attached hydrogens (primary N) is 1. The average molecular weight is 335 g/mol. The summed E-state index contributed by atoms with van der Waals surface area (Å²) in [5, 5.41) is 3.13. The Labute approximate surface area is 142 Å². The summed E-state index contributed by atoms with van der Waals surface area (Å²) >= 11 is 0. The number of nitrogens with zero attached hydrogens (tertiary/aromatic N) is 1. The van der Waals surface area contributed by atoms with Crippen LogP contribution in [0.4, 0.5) is 4.39 Å². The van der Waals surface area contributed by atoms with Gasteiger partial charge in [0, 0.05) is 24.7 Å². The van der Waals surface area contributed by atoms with Crippen molar-refractivity contribution in [3.05, 3.63) is 35.6 Å². The van der Waals surface area contributed by atoms with Gasteiger partial charge in [-0.05, 0) is 31.4 Å². The van der Waals surface area contributed by atoms with Crippen LogP contribution in [-0.4, -0.2) is 49.7 Å². The van der Waals surface area contributed by atoms with E-state index in [2.05, 4.69) is 5.32 Å². The minimum atomic E-state index is -0.617. The first kappa shape index (κ1) is 17.3. The van der Waals surface area contributed by atoms with E-state index in [-0.39, 0.29) is 17.8 Å². The molecule has 3 rings (SSSR count). The zero-order chi connectivity index (χ0) is 16.9. The highest BCUT2D eigenvalue weighted by molar-refractivity contribution is 5.83. The lowest BCUT2D eigenvalue weighted by Crippen LogP contribution is -2.49. The van der Waals surface area contributed by atoms with Gasteiger partial charge < -0.3 is 15.8 Å². The number of carbonyl (C=O) groups excluding carboxylic acids is 1. The quantitative estimate of drug-likeness (QED) is 0.854. The third kappa shape index (κ3) is 3.77. The zero-order valence-corrected chi connectivity index (χ0v) is 13.9. The van der Waals surface area contributed by atoms with Crippen LogP contribution in [0.1, 0.15) is 30.9 Å². The van der Waals surface area contributed by atoms with Gasteiger partial charge in [0.2, 0.25) is 5.91 Å². The van der Waals surface area contributed by atoms with Crippen molar-refractivity contribution in [3.8, 4) is 0 Å². The maximum Gasteiger partial charge on any atom is 0.242 e. The standard InChI is InChI=1S/C18H26FN3O2/c19-15-6-2-1-5-14(15)17(22-8-10-24-11-9-22)18(23)21-16-7-3-4-13(16)12-20/h1-2,5-6,13,16-17H,3-4,7-12,20H2,(H,21,23)/t13-,16+,17-/m0/s1. The van der Waals surface area contributed by atoms with Crippen molar-refractivity contribution in [2.45, 2.75) is 31.3 Å². The molecule has 5 nitrogen and oxygen atoms in total. The van der Waals surface area contributed by atoms with Crippen molar-refractivity contribution in [2.24, 2.45) is 11.7 Å². The molecule has 0 bridgehead atoms. The molecule has 1 heterocycles. The molecular formula is C18H26FN3O2. The average Bonchev–Trinajstić information content (AvgIpc) is 3.05. The van der Waals surface area contributed by atoms with E-state index in [1.165, 1.54) is 6.07 Å². The van der Waals surface area contributed by atoms with E-state index in [9.17, 15) is 9.18 Å². The van der Waals surface area contributed by atoms with Gasteiger partial charge in [-0.15, -0.1) is 0 Å². The highest BCUT2D eigenvalue weighted by atomic mass is 19.1. The van der Waals surface area contributed by atoms with Crippen molar-refractivity contribution in [2.75, 3.05) is 32.8 Å². The van der Waals surface area contributed by atoms with Gasteiger partial charge >= 0.3 is 0 Å². The van der Waals surface area contributed by atoms with E-state index in [4.69, 9.17) is 10.5 Å². The van der Waals surface area contributed by atoms with Crippen LogP contribution in [0.25, 0.3) is 0 Å². The first-order valence-corrected chi connectivity index (χ1v) is 8.77. The first-order chi connectivity index (χ1) is 11.7. The summed E-state index contributed by atoms with van der Waals surface area (Å²) in [6, 6.07) is 6.01. The van der Waals surface area contributed by atoms with Crippen molar-refractivity contribution < 1.29 is 13.9 Å². The molecule has 2 aliphatic rings. The number of benzene rings is 1. The van der Waals surface area contributed by atoms with E-state index in [1.807, 2.05) is 4.90 Å². The lowest BCUT2D eigenvalue weighted by atomic mass is 10.00. The number of nitrogens with one attached hydrogen (secondary N) is 1. The number of ether oxygens (including phenoxy) is 1. The Balaban J connectivity index is 1.81. The van der Waals surface area contributed by atoms with Gasteiger partial charge in [0.1, 0.15) is 11.9 Å². The van der Waals surface area contributed by atoms with Crippen LogP contribution < -0.4 is 11.1 Å². The van der Waals surface area contributed by atoms with Gasteiger partial charge in [-0.2, -0.15) is 0 Å². The summed E-state index contributed by atoms with van der Waals surface area (Å²) in [6.45, 7) is 2.95. The molecule has 3 N–H and O–H groups in total. The molecule has 1 amide bonds. The Morgan fingerprint density at radius 2 is 2.08 bits per heavy atom. The minimum absolute atomic E-state index is 0.0952. The van der Waals surface area contributed by atoms with Crippen LogP contribution in [0, 0.1) is 11.7 Å². The van der Waals surface area contributed by atoms with Crippen LogP contribution in [0.2, 0.25) is 0 Å². The summed E-state index contributed by atoms with van der Waals surface area (Å²) in [5.41, 5.74) is 6.25. The van der Waals surface area contributed by atoms with Crippen LogP contribution in [-0.2, 0) is 9.53 Å². The van der Waals surface area contributed by atoms with Crippen molar-refractivity contribution in [3.63, 3.8) is 0 Å². The monoisotopic (exact) mass is 335 g/mol. The Hall–Kier alpha value is -1.50. The normalized spacial score (nSPS) is 26.2. The number of hydrogen-bond acceptors (Lipinski definition) is 4. The molecule has 3 atom stereocenters. The molecule has 1 aliphatic heterocycles. The number of amides is 1. The summed E-state index contributed by atoms with van der Waals surface area (Å²) in [6.07, 6.45) is 3.07. The zero-order valence-electron chi connectivity index (χ0n) is 13.9. The van der Waals surface area contributed by atoms with Gasteiger partial charge in [0.25, 0.3) is 0 Å². The second-order valence-electron chi connectivity index (χ2n) is 6.61. The largest absolute Gasteiger partial charge is 0.379 e. The van der Waals surface area contributed by atoms with Crippen LogP contribution >= 0.6 is 0 Å². The highest BCUT2D eigenvalue weighted by Gasteiger charge is 2.34. The van der Waals surface area contributed by atoms with E-state index in [1.54, 1.807) is 18.2 Å². The predicted molar refractivity (Wildman–Crippen MR) is 89.9 cm³/mol. The van der Waals surface area contributed by atoms with Gasteiger partial charge in [-0.25, -0.2) is 4.39 Å². The second kappa shape index (κ2) is 8.05. The molecule has 24 heavy (non-hydrogen) atoms. The second-order valence-corrected chi connectivity index (χ2v) is 6.61. The molecule has 6 heteroatoms. The van der Waals surface area contributed by atoms with Gasteiger partial charge in [-0.3, -0.25) is 9.69 Å². The molecule has 1 saturated carbocycles. The molecule has 1 aliphatic carbocycles. The number of rotatable bonds is 5. The predicted octanol–water partition coefficient (Wildman–Crippen LogP) is 1.44. The first-order valence-electron chi connectivity index (χ1n) is 8.77. The molecule has 2 fully saturated rings. The van der Waals surface area contributed by atoms with E-state index >= 15 is 0 Å². The smallest absolute Gasteiger partial charge is 0.242 e. The molecule has 1 aromatic carbocycles. The fourth-order valence-corrected chi connectivity index (χ4v) is 3.81. The third-order valence-electron chi connectivity index (χ3n) is 5.15. The van der Waals surface area contributed by atoms with E-state index in [0.29, 0.717) is 44.3 Å². The maximum atomic E-state index is 14.4. The van der Waals surface area contributed by atoms with Crippen molar-refractivity contribution in [1.29, 1.82) is 0 Å². The minimum Gasteiger partial charge on any atom is -0.379 e. The molecule has 0 unspecified atom stereocenters. The number of morpholine rings is 1. The van der Waals surface area contributed by atoms with Crippen molar-refractivity contribution in [1.82, 2.24) is 10.2 Å². The Bertz CT molecular complexity index is 563. The van der Waals surface area contributed by atoms with Gasteiger partial charge in [-0.1, -0.05) is 24.6 Å².